The number of carbonyl (C=O) groups is 2. The SMILES string of the molecule is CCCOC(=O)C1CCCCC1C(=O)OCCCCCCCCCCCCCCCC(C)C. The zero-order chi connectivity index (χ0) is 24.2. The van der Waals surface area contributed by atoms with Gasteiger partial charge in [-0.25, -0.2) is 0 Å². The zero-order valence-corrected chi connectivity index (χ0v) is 22.2. The Hall–Kier alpha value is -1.06. The molecule has 0 aromatic carbocycles. The van der Waals surface area contributed by atoms with Crippen LogP contribution in [0.3, 0.4) is 0 Å². The average molecular weight is 467 g/mol. The maximum atomic E-state index is 12.5. The predicted octanol–water partition coefficient (Wildman–Crippen LogP) is 8.41. The van der Waals surface area contributed by atoms with E-state index in [1.165, 1.54) is 77.0 Å². The highest BCUT2D eigenvalue weighted by Gasteiger charge is 2.37. The van der Waals surface area contributed by atoms with E-state index >= 15 is 0 Å². The minimum absolute atomic E-state index is 0.187. The van der Waals surface area contributed by atoms with Crippen LogP contribution < -0.4 is 0 Å². The van der Waals surface area contributed by atoms with Gasteiger partial charge in [-0.1, -0.05) is 117 Å². The van der Waals surface area contributed by atoms with Crippen LogP contribution in [0.2, 0.25) is 0 Å². The summed E-state index contributed by atoms with van der Waals surface area (Å²) in [5.41, 5.74) is 0. The summed E-state index contributed by atoms with van der Waals surface area (Å²) in [5.74, 6) is -0.143. The van der Waals surface area contributed by atoms with Crippen LogP contribution in [0.25, 0.3) is 0 Å². The van der Waals surface area contributed by atoms with E-state index in [0.29, 0.717) is 13.2 Å². The van der Waals surface area contributed by atoms with Crippen molar-refractivity contribution >= 4 is 11.9 Å². The summed E-state index contributed by atoms with van der Waals surface area (Å²) < 4.78 is 10.8. The molecular formula is C29H54O4. The quantitative estimate of drug-likeness (QED) is 0.133. The van der Waals surface area contributed by atoms with Crippen molar-refractivity contribution in [2.24, 2.45) is 17.8 Å². The highest BCUT2D eigenvalue weighted by atomic mass is 16.5. The molecule has 0 spiro atoms. The number of hydrogen-bond donors (Lipinski definition) is 0. The number of rotatable bonds is 20. The van der Waals surface area contributed by atoms with Gasteiger partial charge in [0, 0.05) is 0 Å². The van der Waals surface area contributed by atoms with Crippen molar-refractivity contribution in [1.29, 1.82) is 0 Å². The molecule has 0 N–H and O–H groups in total. The van der Waals surface area contributed by atoms with E-state index in [-0.39, 0.29) is 23.8 Å². The third kappa shape index (κ3) is 15.5. The standard InChI is InChI=1S/C29H54O4/c1-4-23-32-28(30)26-21-17-18-22-27(26)29(31)33-24-19-15-13-11-9-7-5-6-8-10-12-14-16-20-25(2)3/h25-27H,4-24H2,1-3H3. The van der Waals surface area contributed by atoms with Gasteiger partial charge in [-0.3, -0.25) is 9.59 Å². The molecule has 0 aromatic rings. The Morgan fingerprint density at radius 2 is 1.03 bits per heavy atom. The molecule has 1 saturated carbocycles. The van der Waals surface area contributed by atoms with Crippen LogP contribution in [0.5, 0.6) is 0 Å². The van der Waals surface area contributed by atoms with Crippen molar-refractivity contribution in [3.8, 4) is 0 Å². The van der Waals surface area contributed by atoms with Crippen LogP contribution in [0.15, 0.2) is 0 Å². The summed E-state index contributed by atoms with van der Waals surface area (Å²) in [7, 11) is 0. The van der Waals surface area contributed by atoms with Crippen molar-refractivity contribution in [2.45, 2.75) is 143 Å². The van der Waals surface area contributed by atoms with Gasteiger partial charge >= 0.3 is 11.9 Å². The third-order valence-electron chi connectivity index (χ3n) is 6.99. The molecule has 0 radical (unpaired) electrons. The highest BCUT2D eigenvalue weighted by molar-refractivity contribution is 5.82. The lowest BCUT2D eigenvalue weighted by molar-refractivity contribution is -0.163. The van der Waals surface area contributed by atoms with Gasteiger partial charge in [0.05, 0.1) is 25.0 Å². The number of carbonyl (C=O) groups excluding carboxylic acids is 2. The molecule has 0 aromatic heterocycles. The fourth-order valence-electron chi connectivity index (χ4n) is 4.88. The van der Waals surface area contributed by atoms with E-state index in [9.17, 15) is 9.59 Å². The molecule has 1 aliphatic rings. The normalized spacial score (nSPS) is 18.4. The first-order valence-corrected chi connectivity index (χ1v) is 14.4. The summed E-state index contributed by atoms with van der Waals surface area (Å²) in [6.45, 7) is 7.55. The van der Waals surface area contributed by atoms with Gasteiger partial charge in [-0.15, -0.1) is 0 Å². The lowest BCUT2D eigenvalue weighted by atomic mass is 9.79. The van der Waals surface area contributed by atoms with E-state index in [0.717, 1.165) is 50.9 Å². The monoisotopic (exact) mass is 466 g/mol. The molecule has 2 unspecified atom stereocenters. The molecule has 0 amide bonds. The summed E-state index contributed by atoms with van der Waals surface area (Å²) in [6.07, 6.45) is 22.8. The van der Waals surface area contributed by atoms with Crippen LogP contribution in [0, 0.1) is 17.8 Å². The maximum Gasteiger partial charge on any atom is 0.309 e. The minimum Gasteiger partial charge on any atom is -0.465 e. The van der Waals surface area contributed by atoms with Gasteiger partial charge in [0.15, 0.2) is 0 Å². The molecule has 4 heteroatoms. The number of hydrogen-bond acceptors (Lipinski definition) is 4. The Bertz CT molecular complexity index is 488. The first-order chi connectivity index (χ1) is 16.1. The van der Waals surface area contributed by atoms with Crippen molar-refractivity contribution in [2.75, 3.05) is 13.2 Å². The van der Waals surface area contributed by atoms with Gasteiger partial charge in [-0.2, -0.15) is 0 Å². The zero-order valence-electron chi connectivity index (χ0n) is 22.2. The Morgan fingerprint density at radius 3 is 1.45 bits per heavy atom. The molecule has 0 bridgehead atoms. The summed E-state index contributed by atoms with van der Waals surface area (Å²) in [5, 5.41) is 0. The fraction of sp³-hybridized carbons (Fsp3) is 0.931. The second-order valence-electron chi connectivity index (χ2n) is 10.6. The van der Waals surface area contributed by atoms with Crippen molar-refractivity contribution in [3.05, 3.63) is 0 Å². The largest absolute Gasteiger partial charge is 0.465 e. The first-order valence-electron chi connectivity index (χ1n) is 14.4. The molecule has 2 atom stereocenters. The molecule has 1 aliphatic carbocycles. The number of unbranched alkanes of at least 4 members (excludes halogenated alkanes) is 12. The van der Waals surface area contributed by atoms with E-state index in [1.807, 2.05) is 6.92 Å². The van der Waals surface area contributed by atoms with E-state index in [4.69, 9.17) is 9.47 Å². The van der Waals surface area contributed by atoms with Crippen molar-refractivity contribution < 1.29 is 19.1 Å². The molecule has 33 heavy (non-hydrogen) atoms. The Labute approximate surface area is 205 Å². The van der Waals surface area contributed by atoms with Crippen LogP contribution >= 0.6 is 0 Å². The van der Waals surface area contributed by atoms with E-state index in [1.54, 1.807) is 0 Å². The second kappa shape index (κ2) is 20.3. The smallest absolute Gasteiger partial charge is 0.309 e. The van der Waals surface area contributed by atoms with Gasteiger partial charge in [-0.05, 0) is 31.6 Å². The topological polar surface area (TPSA) is 52.6 Å². The summed E-state index contributed by atoms with van der Waals surface area (Å²) in [6, 6.07) is 0. The molecule has 1 fully saturated rings. The number of esters is 2. The maximum absolute atomic E-state index is 12.5. The molecule has 1 rings (SSSR count). The lowest BCUT2D eigenvalue weighted by Crippen LogP contribution is -2.35. The summed E-state index contributed by atoms with van der Waals surface area (Å²) in [4.78, 5) is 24.8. The molecule has 0 aliphatic heterocycles. The molecule has 0 saturated heterocycles. The van der Waals surface area contributed by atoms with Gasteiger partial charge < -0.3 is 9.47 Å². The van der Waals surface area contributed by atoms with E-state index in [2.05, 4.69) is 13.8 Å². The van der Waals surface area contributed by atoms with Crippen LogP contribution in [-0.2, 0) is 19.1 Å². The van der Waals surface area contributed by atoms with E-state index < -0.39 is 0 Å². The van der Waals surface area contributed by atoms with Gasteiger partial charge in [0.2, 0.25) is 0 Å². The fourth-order valence-corrected chi connectivity index (χ4v) is 4.88. The lowest BCUT2D eigenvalue weighted by Gasteiger charge is -2.28. The minimum atomic E-state index is -0.303. The molecule has 0 heterocycles. The van der Waals surface area contributed by atoms with Gasteiger partial charge in [0.1, 0.15) is 0 Å². The molecule has 194 valence electrons. The van der Waals surface area contributed by atoms with Crippen LogP contribution in [-0.4, -0.2) is 25.2 Å². The highest BCUT2D eigenvalue weighted by Crippen LogP contribution is 2.32. The Morgan fingerprint density at radius 1 is 0.636 bits per heavy atom. The third-order valence-corrected chi connectivity index (χ3v) is 6.99. The first kappa shape index (κ1) is 30.0. The number of ether oxygens (including phenoxy) is 2. The van der Waals surface area contributed by atoms with Crippen molar-refractivity contribution in [3.63, 3.8) is 0 Å². The average Bonchev–Trinajstić information content (AvgIpc) is 2.81. The van der Waals surface area contributed by atoms with Crippen LogP contribution in [0.4, 0.5) is 0 Å². The predicted molar refractivity (Wildman–Crippen MR) is 137 cm³/mol. The molecular weight excluding hydrogens is 412 g/mol. The Kier molecular flexibility index (Phi) is 18.5. The Balaban J connectivity index is 1.94. The van der Waals surface area contributed by atoms with Crippen LogP contribution in [0.1, 0.15) is 143 Å². The summed E-state index contributed by atoms with van der Waals surface area (Å²) >= 11 is 0. The second-order valence-corrected chi connectivity index (χ2v) is 10.6. The molecule has 4 nitrogen and oxygen atoms in total. The van der Waals surface area contributed by atoms with Gasteiger partial charge in [0.25, 0.3) is 0 Å². The van der Waals surface area contributed by atoms with Crippen molar-refractivity contribution in [1.82, 2.24) is 0 Å².